The molecule has 0 bridgehead atoms. The minimum absolute atomic E-state index is 0.0392. The van der Waals surface area contributed by atoms with E-state index in [1.807, 2.05) is 47.7 Å². The standard InChI is InChI=1S/C21H26Cl2N2OS/c1-25(21(23)19-8-5-13-27-19)16-10-11-18(17(22)14-16)24-20(26)12-9-15-6-3-2-4-7-15/h5,8,10-11,13-15,21H,2-4,6-7,9,12H2,1H3,(H,24,26). The molecule has 1 atom stereocenters. The first-order valence-electron chi connectivity index (χ1n) is 9.54. The lowest BCUT2D eigenvalue weighted by Gasteiger charge is -2.25. The van der Waals surface area contributed by atoms with Gasteiger partial charge in [0.25, 0.3) is 0 Å². The third-order valence-electron chi connectivity index (χ3n) is 5.26. The van der Waals surface area contributed by atoms with E-state index in [4.69, 9.17) is 23.2 Å². The van der Waals surface area contributed by atoms with Crippen molar-refractivity contribution < 1.29 is 4.79 Å². The average molecular weight is 425 g/mol. The summed E-state index contributed by atoms with van der Waals surface area (Å²) >= 11 is 14.6. The molecule has 1 aromatic heterocycles. The summed E-state index contributed by atoms with van der Waals surface area (Å²) in [4.78, 5) is 15.3. The van der Waals surface area contributed by atoms with Crippen molar-refractivity contribution in [3.63, 3.8) is 0 Å². The number of carbonyl (C=O) groups excluding carboxylic acids is 1. The van der Waals surface area contributed by atoms with Crippen LogP contribution in [0.2, 0.25) is 5.02 Å². The predicted molar refractivity (Wildman–Crippen MR) is 117 cm³/mol. The van der Waals surface area contributed by atoms with Gasteiger partial charge < -0.3 is 10.2 Å². The molecule has 146 valence electrons. The molecule has 1 aliphatic rings. The minimum atomic E-state index is -0.253. The van der Waals surface area contributed by atoms with Gasteiger partial charge in [0, 0.05) is 24.0 Å². The first-order chi connectivity index (χ1) is 13.0. The number of amides is 1. The number of carbonyl (C=O) groups is 1. The maximum Gasteiger partial charge on any atom is 0.224 e. The van der Waals surface area contributed by atoms with E-state index in [1.165, 1.54) is 32.1 Å². The quantitative estimate of drug-likeness (QED) is 0.380. The molecule has 0 radical (unpaired) electrons. The Balaban J connectivity index is 1.56. The third kappa shape index (κ3) is 5.63. The van der Waals surface area contributed by atoms with Gasteiger partial charge in [-0.15, -0.1) is 11.3 Å². The van der Waals surface area contributed by atoms with Crippen LogP contribution in [0.1, 0.15) is 55.3 Å². The van der Waals surface area contributed by atoms with Crippen LogP contribution in [0.15, 0.2) is 35.7 Å². The van der Waals surface area contributed by atoms with Gasteiger partial charge in [-0.3, -0.25) is 4.79 Å². The van der Waals surface area contributed by atoms with E-state index in [9.17, 15) is 4.79 Å². The lowest BCUT2D eigenvalue weighted by molar-refractivity contribution is -0.116. The summed E-state index contributed by atoms with van der Waals surface area (Å²) in [6.45, 7) is 0. The molecule has 1 saturated carbocycles. The number of hydrogen-bond donors (Lipinski definition) is 1. The van der Waals surface area contributed by atoms with Crippen molar-refractivity contribution in [1.82, 2.24) is 0 Å². The highest BCUT2D eigenvalue weighted by Gasteiger charge is 2.18. The van der Waals surface area contributed by atoms with Crippen LogP contribution in [0, 0.1) is 5.92 Å². The van der Waals surface area contributed by atoms with Gasteiger partial charge in [0.15, 0.2) is 0 Å². The largest absolute Gasteiger partial charge is 0.354 e. The van der Waals surface area contributed by atoms with E-state index in [0.717, 1.165) is 17.0 Å². The zero-order valence-corrected chi connectivity index (χ0v) is 17.9. The van der Waals surface area contributed by atoms with Crippen LogP contribution < -0.4 is 10.2 Å². The van der Waals surface area contributed by atoms with Crippen molar-refractivity contribution in [3.05, 3.63) is 45.6 Å². The number of rotatable bonds is 7. The minimum Gasteiger partial charge on any atom is -0.354 e. The highest BCUT2D eigenvalue weighted by Crippen LogP contribution is 2.35. The smallest absolute Gasteiger partial charge is 0.224 e. The highest BCUT2D eigenvalue weighted by atomic mass is 35.5. The first-order valence-corrected chi connectivity index (χ1v) is 11.2. The highest BCUT2D eigenvalue weighted by molar-refractivity contribution is 7.10. The molecule has 27 heavy (non-hydrogen) atoms. The van der Waals surface area contributed by atoms with E-state index < -0.39 is 0 Å². The molecule has 1 N–H and O–H groups in total. The van der Waals surface area contributed by atoms with Crippen LogP contribution in [0.3, 0.4) is 0 Å². The van der Waals surface area contributed by atoms with E-state index >= 15 is 0 Å². The molecule has 1 amide bonds. The molecular formula is C21H26Cl2N2OS. The normalized spacial score (nSPS) is 16.1. The zero-order chi connectivity index (χ0) is 19.2. The van der Waals surface area contributed by atoms with Crippen LogP contribution in [0.4, 0.5) is 11.4 Å². The van der Waals surface area contributed by atoms with Crippen molar-refractivity contribution in [2.75, 3.05) is 17.3 Å². The Morgan fingerprint density at radius 1 is 1.30 bits per heavy atom. The van der Waals surface area contributed by atoms with E-state index in [2.05, 4.69) is 5.32 Å². The van der Waals surface area contributed by atoms with Crippen molar-refractivity contribution in [2.24, 2.45) is 5.92 Å². The molecule has 1 aliphatic carbocycles. The number of halogens is 2. The summed E-state index contributed by atoms with van der Waals surface area (Å²) in [5.74, 6) is 0.742. The fourth-order valence-electron chi connectivity index (χ4n) is 3.60. The summed E-state index contributed by atoms with van der Waals surface area (Å²) in [6, 6.07) is 9.64. The van der Waals surface area contributed by atoms with Gasteiger partial charge in [-0.05, 0) is 42.0 Å². The Kier molecular flexibility index (Phi) is 7.45. The number of thiophene rings is 1. The van der Waals surface area contributed by atoms with Gasteiger partial charge in [-0.2, -0.15) is 0 Å². The van der Waals surface area contributed by atoms with Gasteiger partial charge in [0.1, 0.15) is 5.50 Å². The summed E-state index contributed by atoms with van der Waals surface area (Å²) in [5, 5.41) is 5.49. The Labute approximate surface area is 175 Å². The molecule has 3 rings (SSSR count). The molecule has 1 aromatic carbocycles. The van der Waals surface area contributed by atoms with Crippen LogP contribution >= 0.6 is 34.5 Å². The predicted octanol–water partition coefficient (Wildman–Crippen LogP) is 7.07. The maximum absolute atomic E-state index is 12.3. The number of nitrogens with one attached hydrogen (secondary N) is 1. The summed E-state index contributed by atoms with van der Waals surface area (Å²) in [6.07, 6.45) is 8.01. The molecular weight excluding hydrogens is 399 g/mol. The molecule has 1 heterocycles. The molecule has 0 aliphatic heterocycles. The van der Waals surface area contributed by atoms with Gasteiger partial charge in [0.05, 0.1) is 10.7 Å². The van der Waals surface area contributed by atoms with Gasteiger partial charge in [-0.25, -0.2) is 0 Å². The SMILES string of the molecule is CN(c1ccc(NC(=O)CCC2CCCCC2)c(Cl)c1)C(Cl)c1cccs1. The van der Waals surface area contributed by atoms with Gasteiger partial charge >= 0.3 is 0 Å². The van der Waals surface area contributed by atoms with Crippen LogP contribution in [0.5, 0.6) is 0 Å². The fraction of sp³-hybridized carbons (Fsp3) is 0.476. The summed E-state index contributed by atoms with van der Waals surface area (Å²) in [7, 11) is 1.94. The Morgan fingerprint density at radius 2 is 2.07 bits per heavy atom. The molecule has 6 heteroatoms. The molecule has 1 fully saturated rings. The molecule has 3 nitrogen and oxygen atoms in total. The maximum atomic E-state index is 12.3. The first kappa shape index (κ1) is 20.5. The Morgan fingerprint density at radius 3 is 2.74 bits per heavy atom. The second kappa shape index (κ2) is 9.81. The number of alkyl halides is 1. The van der Waals surface area contributed by atoms with Crippen molar-refractivity contribution >= 4 is 51.8 Å². The number of anilines is 2. The average Bonchev–Trinajstić information content (AvgIpc) is 3.22. The van der Waals surface area contributed by atoms with Crippen LogP contribution in [-0.4, -0.2) is 13.0 Å². The van der Waals surface area contributed by atoms with Crippen LogP contribution in [-0.2, 0) is 4.79 Å². The number of nitrogens with zero attached hydrogens (tertiary/aromatic N) is 1. The van der Waals surface area contributed by atoms with Crippen molar-refractivity contribution in [3.8, 4) is 0 Å². The zero-order valence-electron chi connectivity index (χ0n) is 15.6. The van der Waals surface area contributed by atoms with Crippen molar-refractivity contribution in [1.29, 1.82) is 0 Å². The second-order valence-electron chi connectivity index (χ2n) is 7.22. The lowest BCUT2D eigenvalue weighted by atomic mass is 9.86. The summed E-state index contributed by atoms with van der Waals surface area (Å²) < 4.78 is 0. The van der Waals surface area contributed by atoms with E-state index in [1.54, 1.807) is 11.3 Å². The molecule has 0 saturated heterocycles. The Hall–Kier alpha value is -1.23. The topological polar surface area (TPSA) is 32.3 Å². The van der Waals surface area contributed by atoms with E-state index in [-0.39, 0.29) is 11.4 Å². The lowest BCUT2D eigenvalue weighted by Crippen LogP contribution is -2.19. The number of benzene rings is 1. The van der Waals surface area contributed by atoms with Gasteiger partial charge in [-0.1, -0.05) is 61.4 Å². The number of hydrogen-bond acceptors (Lipinski definition) is 3. The molecule has 0 spiro atoms. The fourth-order valence-corrected chi connectivity index (χ4v) is 4.90. The van der Waals surface area contributed by atoms with Crippen molar-refractivity contribution in [2.45, 2.75) is 50.4 Å². The Bertz CT molecular complexity index is 745. The van der Waals surface area contributed by atoms with E-state index in [0.29, 0.717) is 23.0 Å². The molecule has 2 aromatic rings. The third-order valence-corrected chi connectivity index (χ3v) is 7.15. The van der Waals surface area contributed by atoms with Gasteiger partial charge in [0.2, 0.25) is 5.91 Å². The second-order valence-corrected chi connectivity index (χ2v) is 9.02. The summed E-state index contributed by atoms with van der Waals surface area (Å²) in [5.41, 5.74) is 1.32. The van der Waals surface area contributed by atoms with Crippen LogP contribution in [0.25, 0.3) is 0 Å². The molecule has 1 unspecified atom stereocenters. The monoisotopic (exact) mass is 424 g/mol.